The Bertz CT molecular complexity index is 1440. The van der Waals surface area contributed by atoms with Crippen molar-refractivity contribution in [2.45, 2.75) is 38.5 Å². The van der Waals surface area contributed by atoms with Gasteiger partial charge >= 0.3 is 0 Å². The van der Waals surface area contributed by atoms with Gasteiger partial charge in [0, 0.05) is 24.2 Å². The molecule has 6 heteroatoms. The number of hydrogen-bond acceptors (Lipinski definition) is 4. The Morgan fingerprint density at radius 2 is 1.05 bits per heavy atom. The molecule has 1 aliphatic heterocycles. The predicted octanol–water partition coefficient (Wildman–Crippen LogP) is 5.78. The fourth-order valence-corrected chi connectivity index (χ4v) is 5.29. The maximum atomic E-state index is 13.0. The number of carbonyl (C=O) groups is 2. The van der Waals surface area contributed by atoms with E-state index in [1.807, 2.05) is 48.5 Å². The van der Waals surface area contributed by atoms with Crippen LogP contribution < -0.4 is 10.6 Å². The van der Waals surface area contributed by atoms with Gasteiger partial charge in [0.2, 0.25) is 0 Å². The van der Waals surface area contributed by atoms with Gasteiger partial charge in [0.15, 0.2) is 0 Å². The molecular formula is C32H32N2O4. The zero-order valence-electron chi connectivity index (χ0n) is 21.3. The van der Waals surface area contributed by atoms with E-state index in [2.05, 4.69) is 17.2 Å². The fraction of sp³-hybridized carbons (Fsp3) is 0.250. The number of carbonyl (C=O) groups excluding carboxylic acids is 2. The summed E-state index contributed by atoms with van der Waals surface area (Å²) in [5.41, 5.74) is 2.46. The summed E-state index contributed by atoms with van der Waals surface area (Å²) in [5.74, 6) is -0.715. The normalized spacial score (nSPS) is 15.8. The standard InChI is InChI=1S/C32H32N2O4/c1-20-16-25-23-12-6-4-10-21(23)18-27(29(25)35)31(37)33-14-8-2-3-9-15-34-32(38)28-19-22-11-5-7-13-24(22)26(17-20)30(28)36/h4-7,10-13,18-19,35-36H,1-3,8-9,14-17H2,(H,33,37)(H,34,38). The molecule has 0 aliphatic carbocycles. The molecule has 0 spiro atoms. The summed E-state index contributed by atoms with van der Waals surface area (Å²) in [6.07, 6.45) is 4.00. The van der Waals surface area contributed by atoms with Crippen molar-refractivity contribution in [3.8, 4) is 11.5 Å². The van der Waals surface area contributed by atoms with E-state index in [-0.39, 0.29) is 34.4 Å². The molecule has 0 radical (unpaired) electrons. The molecule has 0 saturated heterocycles. The van der Waals surface area contributed by atoms with Crippen LogP contribution >= 0.6 is 0 Å². The summed E-state index contributed by atoms with van der Waals surface area (Å²) in [6.45, 7) is 5.29. The van der Waals surface area contributed by atoms with Crippen LogP contribution in [-0.2, 0) is 12.8 Å². The highest BCUT2D eigenvalue weighted by Gasteiger charge is 2.21. The van der Waals surface area contributed by atoms with E-state index in [0.717, 1.165) is 52.8 Å². The number of aromatic hydroxyl groups is 2. The first kappa shape index (κ1) is 25.3. The van der Waals surface area contributed by atoms with Crippen molar-refractivity contribution in [3.05, 3.63) is 95.1 Å². The topological polar surface area (TPSA) is 98.7 Å². The van der Waals surface area contributed by atoms with Gasteiger partial charge in [-0.3, -0.25) is 9.59 Å². The van der Waals surface area contributed by atoms with Crippen molar-refractivity contribution in [2.75, 3.05) is 13.1 Å². The first-order valence-electron chi connectivity index (χ1n) is 13.1. The highest BCUT2D eigenvalue weighted by Crippen LogP contribution is 2.36. The maximum absolute atomic E-state index is 13.0. The molecule has 6 nitrogen and oxygen atoms in total. The van der Waals surface area contributed by atoms with E-state index in [1.165, 1.54) is 0 Å². The van der Waals surface area contributed by atoms with E-state index < -0.39 is 0 Å². The largest absolute Gasteiger partial charge is 0.507 e. The monoisotopic (exact) mass is 508 g/mol. The summed E-state index contributed by atoms with van der Waals surface area (Å²) in [4.78, 5) is 26.1. The Kier molecular flexibility index (Phi) is 7.31. The van der Waals surface area contributed by atoms with Gasteiger partial charge in [0.05, 0.1) is 11.1 Å². The molecule has 4 aromatic rings. The summed E-state index contributed by atoms with van der Waals surface area (Å²) >= 11 is 0. The van der Waals surface area contributed by atoms with Crippen LogP contribution in [0.25, 0.3) is 21.5 Å². The van der Waals surface area contributed by atoms with Crippen molar-refractivity contribution in [2.24, 2.45) is 0 Å². The first-order valence-corrected chi connectivity index (χ1v) is 13.1. The molecular weight excluding hydrogens is 476 g/mol. The summed E-state index contributed by atoms with van der Waals surface area (Å²) in [6, 6.07) is 18.8. The number of fused-ring (bicyclic) bond motifs is 8. The van der Waals surface area contributed by atoms with E-state index in [0.29, 0.717) is 37.1 Å². The van der Waals surface area contributed by atoms with Gasteiger partial charge in [-0.2, -0.15) is 0 Å². The molecule has 2 amide bonds. The third kappa shape index (κ3) is 5.07. The van der Waals surface area contributed by atoms with E-state index in [1.54, 1.807) is 12.1 Å². The number of amides is 2. The number of allylic oxidation sites excluding steroid dienone is 1. The number of rotatable bonds is 0. The quantitative estimate of drug-likeness (QED) is 0.226. The van der Waals surface area contributed by atoms with Gasteiger partial charge in [-0.15, -0.1) is 0 Å². The molecule has 0 saturated carbocycles. The van der Waals surface area contributed by atoms with Crippen LogP contribution in [0.2, 0.25) is 0 Å². The summed E-state index contributed by atoms with van der Waals surface area (Å²) < 4.78 is 0. The van der Waals surface area contributed by atoms with Crippen LogP contribution in [0.3, 0.4) is 0 Å². The highest BCUT2D eigenvalue weighted by molar-refractivity contribution is 6.04. The summed E-state index contributed by atoms with van der Waals surface area (Å²) in [7, 11) is 0. The minimum Gasteiger partial charge on any atom is -0.507 e. The van der Waals surface area contributed by atoms with Crippen molar-refractivity contribution < 1.29 is 19.8 Å². The summed E-state index contributed by atoms with van der Waals surface area (Å²) in [5, 5.41) is 31.8. The molecule has 0 unspecified atom stereocenters. The fourth-order valence-electron chi connectivity index (χ4n) is 5.29. The van der Waals surface area contributed by atoms with Crippen LogP contribution in [0, 0.1) is 0 Å². The SMILES string of the molecule is C=C1Cc2c(O)c(cc3ccccc23)C(=O)NCCCCCCNC(=O)c2cc3ccccc3c(c2O)C1. The molecule has 1 aliphatic rings. The number of benzene rings is 4. The molecule has 4 bridgehead atoms. The van der Waals surface area contributed by atoms with Crippen molar-refractivity contribution >= 4 is 33.4 Å². The molecule has 194 valence electrons. The minimum atomic E-state index is -0.304. The number of phenols is 2. The molecule has 38 heavy (non-hydrogen) atoms. The number of nitrogens with one attached hydrogen (secondary N) is 2. The Hall–Kier alpha value is -4.32. The predicted molar refractivity (Wildman–Crippen MR) is 151 cm³/mol. The van der Waals surface area contributed by atoms with Crippen LogP contribution in [0.4, 0.5) is 0 Å². The zero-order chi connectivity index (χ0) is 26.6. The number of hydrogen-bond donors (Lipinski definition) is 4. The third-order valence-corrected chi connectivity index (χ3v) is 7.27. The van der Waals surface area contributed by atoms with Crippen LogP contribution in [0.15, 0.2) is 72.8 Å². The molecule has 0 aromatic heterocycles. The van der Waals surface area contributed by atoms with Crippen LogP contribution in [0.5, 0.6) is 11.5 Å². The van der Waals surface area contributed by atoms with Gasteiger partial charge in [0.25, 0.3) is 11.8 Å². The molecule has 4 aromatic carbocycles. The minimum absolute atomic E-state index is 0.0533. The van der Waals surface area contributed by atoms with Crippen molar-refractivity contribution in [3.63, 3.8) is 0 Å². The van der Waals surface area contributed by atoms with Gasteiger partial charge < -0.3 is 20.8 Å². The number of phenolic OH excluding ortho intramolecular Hbond substituents is 2. The molecule has 5 rings (SSSR count). The Morgan fingerprint density at radius 1 is 0.632 bits per heavy atom. The third-order valence-electron chi connectivity index (χ3n) is 7.27. The lowest BCUT2D eigenvalue weighted by atomic mass is 9.90. The molecule has 4 N–H and O–H groups in total. The second-order valence-corrected chi connectivity index (χ2v) is 9.97. The van der Waals surface area contributed by atoms with Crippen LogP contribution in [-0.4, -0.2) is 35.1 Å². The second kappa shape index (κ2) is 11.0. The zero-order valence-corrected chi connectivity index (χ0v) is 21.3. The Morgan fingerprint density at radius 3 is 1.50 bits per heavy atom. The smallest absolute Gasteiger partial charge is 0.255 e. The lowest BCUT2D eigenvalue weighted by molar-refractivity contribution is 0.0940. The lowest BCUT2D eigenvalue weighted by Gasteiger charge is -2.17. The Balaban J connectivity index is 1.60. The van der Waals surface area contributed by atoms with Crippen molar-refractivity contribution in [1.29, 1.82) is 0 Å². The van der Waals surface area contributed by atoms with Gasteiger partial charge in [-0.1, -0.05) is 73.5 Å². The Labute approximate surface area is 222 Å². The van der Waals surface area contributed by atoms with Gasteiger partial charge in [-0.25, -0.2) is 0 Å². The average molecular weight is 509 g/mol. The van der Waals surface area contributed by atoms with Gasteiger partial charge in [0.1, 0.15) is 11.5 Å². The second-order valence-electron chi connectivity index (χ2n) is 9.97. The molecule has 1 heterocycles. The maximum Gasteiger partial charge on any atom is 0.255 e. The van der Waals surface area contributed by atoms with Crippen molar-refractivity contribution in [1.82, 2.24) is 10.6 Å². The van der Waals surface area contributed by atoms with Gasteiger partial charge in [-0.05, 0) is 59.4 Å². The van der Waals surface area contributed by atoms with E-state index in [4.69, 9.17) is 0 Å². The molecule has 0 atom stereocenters. The molecule has 0 fully saturated rings. The van der Waals surface area contributed by atoms with E-state index in [9.17, 15) is 19.8 Å². The lowest BCUT2D eigenvalue weighted by Crippen LogP contribution is -2.25. The first-order chi connectivity index (χ1) is 18.4. The highest BCUT2D eigenvalue weighted by atomic mass is 16.3. The van der Waals surface area contributed by atoms with Crippen LogP contribution in [0.1, 0.15) is 57.5 Å². The van der Waals surface area contributed by atoms with E-state index >= 15 is 0 Å². The average Bonchev–Trinajstić information content (AvgIpc) is 2.92.